The number of aliphatic carboxylic acids is 1. The fourth-order valence-electron chi connectivity index (χ4n) is 1.62. The summed E-state index contributed by atoms with van der Waals surface area (Å²) in [7, 11) is 0. The molecule has 76 valence electrons. The monoisotopic (exact) mass is 200 g/mol. The zero-order valence-electron chi connectivity index (χ0n) is 8.47. The molecule has 0 aliphatic carbocycles. The molecule has 1 atom stereocenters. The minimum atomic E-state index is -0.787. The topological polar surface area (TPSA) is 37.3 Å². The molecule has 0 bridgehead atoms. The molecule has 0 amide bonds. The van der Waals surface area contributed by atoms with Gasteiger partial charge in [-0.1, -0.05) is 42.5 Å². The number of hydrogen-bond donors (Lipinski definition) is 1. The first-order valence-corrected chi connectivity index (χ1v) is 4.90. The third kappa shape index (κ3) is 1.84. The molecule has 0 saturated carbocycles. The molecule has 0 aliphatic heterocycles. The van der Waals surface area contributed by atoms with E-state index in [0.29, 0.717) is 0 Å². The Balaban J connectivity index is 2.51. The van der Waals surface area contributed by atoms with Crippen molar-refractivity contribution in [3.05, 3.63) is 48.0 Å². The van der Waals surface area contributed by atoms with Gasteiger partial charge in [0.2, 0.25) is 0 Å². The molecule has 15 heavy (non-hydrogen) atoms. The van der Waals surface area contributed by atoms with Crippen LogP contribution in [0.1, 0.15) is 18.4 Å². The van der Waals surface area contributed by atoms with Crippen LogP contribution in [-0.4, -0.2) is 11.1 Å². The largest absolute Gasteiger partial charge is 0.481 e. The van der Waals surface area contributed by atoms with Crippen molar-refractivity contribution in [3.8, 4) is 0 Å². The summed E-state index contributed by atoms with van der Waals surface area (Å²) in [5.74, 6) is -1.24. The van der Waals surface area contributed by atoms with E-state index in [-0.39, 0.29) is 0 Å². The van der Waals surface area contributed by atoms with Crippen LogP contribution in [0.5, 0.6) is 0 Å². The summed E-state index contributed by atoms with van der Waals surface area (Å²) in [6.07, 6.45) is 0. The van der Waals surface area contributed by atoms with Crippen LogP contribution in [0.4, 0.5) is 0 Å². The standard InChI is InChI=1S/C13H12O2/c1-9(13(14)15)11-7-6-10-4-2-3-5-12(10)8-11/h2-9H,1H3,(H,14,15). The maximum atomic E-state index is 10.8. The molecule has 0 aromatic heterocycles. The summed E-state index contributed by atoms with van der Waals surface area (Å²) in [6, 6.07) is 13.7. The minimum Gasteiger partial charge on any atom is -0.481 e. The van der Waals surface area contributed by atoms with Gasteiger partial charge in [-0.05, 0) is 23.3 Å². The average molecular weight is 200 g/mol. The Kier molecular flexibility index (Phi) is 2.42. The lowest BCUT2D eigenvalue weighted by Crippen LogP contribution is -2.06. The Bertz CT molecular complexity index is 503. The lowest BCUT2D eigenvalue weighted by molar-refractivity contribution is -0.138. The molecular formula is C13H12O2. The van der Waals surface area contributed by atoms with Crippen LogP contribution in [-0.2, 0) is 4.79 Å². The van der Waals surface area contributed by atoms with Crippen molar-refractivity contribution in [1.82, 2.24) is 0 Å². The zero-order valence-corrected chi connectivity index (χ0v) is 8.47. The molecule has 1 N–H and O–H groups in total. The van der Waals surface area contributed by atoms with Gasteiger partial charge in [0.15, 0.2) is 0 Å². The van der Waals surface area contributed by atoms with E-state index < -0.39 is 11.9 Å². The molecule has 2 heteroatoms. The highest BCUT2D eigenvalue weighted by molar-refractivity contribution is 5.85. The van der Waals surface area contributed by atoms with Crippen LogP contribution in [0.15, 0.2) is 42.5 Å². The highest BCUT2D eigenvalue weighted by Crippen LogP contribution is 2.21. The predicted octanol–water partition coefficient (Wildman–Crippen LogP) is 3.03. The Morgan fingerprint density at radius 1 is 1.13 bits per heavy atom. The number of benzene rings is 2. The maximum absolute atomic E-state index is 10.8. The quantitative estimate of drug-likeness (QED) is 0.809. The molecular weight excluding hydrogens is 188 g/mol. The predicted molar refractivity (Wildman–Crippen MR) is 60.0 cm³/mol. The first kappa shape index (κ1) is 9.71. The van der Waals surface area contributed by atoms with Crippen LogP contribution in [0.2, 0.25) is 0 Å². The van der Waals surface area contributed by atoms with Gasteiger partial charge in [0, 0.05) is 0 Å². The Labute approximate surface area is 88.2 Å². The molecule has 0 saturated heterocycles. The van der Waals surface area contributed by atoms with Gasteiger partial charge in [-0.3, -0.25) is 4.79 Å². The number of rotatable bonds is 2. The molecule has 0 aliphatic rings. The third-order valence-electron chi connectivity index (χ3n) is 2.64. The lowest BCUT2D eigenvalue weighted by Gasteiger charge is -2.07. The van der Waals surface area contributed by atoms with Gasteiger partial charge in [0.05, 0.1) is 5.92 Å². The van der Waals surface area contributed by atoms with Crippen molar-refractivity contribution < 1.29 is 9.90 Å². The van der Waals surface area contributed by atoms with E-state index in [4.69, 9.17) is 5.11 Å². The summed E-state index contributed by atoms with van der Waals surface area (Å²) in [5.41, 5.74) is 0.848. The van der Waals surface area contributed by atoms with E-state index in [1.54, 1.807) is 6.92 Å². The smallest absolute Gasteiger partial charge is 0.310 e. The van der Waals surface area contributed by atoms with Gasteiger partial charge < -0.3 is 5.11 Å². The van der Waals surface area contributed by atoms with Gasteiger partial charge in [0.1, 0.15) is 0 Å². The van der Waals surface area contributed by atoms with E-state index in [9.17, 15) is 4.79 Å². The second-order valence-corrected chi connectivity index (χ2v) is 3.67. The average Bonchev–Trinajstić information content (AvgIpc) is 2.27. The van der Waals surface area contributed by atoms with E-state index in [2.05, 4.69) is 0 Å². The van der Waals surface area contributed by atoms with Gasteiger partial charge >= 0.3 is 5.97 Å². The van der Waals surface area contributed by atoms with Crippen molar-refractivity contribution >= 4 is 16.7 Å². The van der Waals surface area contributed by atoms with E-state index in [1.165, 1.54) is 0 Å². The van der Waals surface area contributed by atoms with Crippen molar-refractivity contribution in [1.29, 1.82) is 0 Å². The van der Waals surface area contributed by atoms with Gasteiger partial charge in [-0.25, -0.2) is 0 Å². The molecule has 0 fully saturated rings. The fraction of sp³-hybridized carbons (Fsp3) is 0.154. The summed E-state index contributed by atoms with van der Waals surface area (Å²) >= 11 is 0. The fourth-order valence-corrected chi connectivity index (χ4v) is 1.62. The number of hydrogen-bond acceptors (Lipinski definition) is 1. The highest BCUT2D eigenvalue weighted by Gasteiger charge is 2.13. The van der Waals surface area contributed by atoms with Gasteiger partial charge in [-0.15, -0.1) is 0 Å². The second kappa shape index (κ2) is 3.73. The second-order valence-electron chi connectivity index (χ2n) is 3.67. The van der Waals surface area contributed by atoms with Crippen LogP contribution >= 0.6 is 0 Å². The summed E-state index contributed by atoms with van der Waals surface area (Å²) < 4.78 is 0. The normalized spacial score (nSPS) is 12.6. The first-order chi connectivity index (χ1) is 7.18. The van der Waals surface area contributed by atoms with Crippen LogP contribution in [0.25, 0.3) is 10.8 Å². The molecule has 2 aromatic carbocycles. The van der Waals surface area contributed by atoms with Gasteiger partial charge in [-0.2, -0.15) is 0 Å². The Hall–Kier alpha value is -1.83. The van der Waals surface area contributed by atoms with Crippen molar-refractivity contribution in [2.75, 3.05) is 0 Å². The number of carboxylic acids is 1. The zero-order chi connectivity index (χ0) is 10.8. The van der Waals surface area contributed by atoms with E-state index in [1.807, 2.05) is 42.5 Å². The first-order valence-electron chi connectivity index (χ1n) is 4.90. The maximum Gasteiger partial charge on any atom is 0.310 e. The summed E-state index contributed by atoms with van der Waals surface area (Å²) in [6.45, 7) is 1.70. The van der Waals surface area contributed by atoms with Crippen LogP contribution < -0.4 is 0 Å². The Morgan fingerprint density at radius 2 is 1.80 bits per heavy atom. The Morgan fingerprint density at radius 3 is 2.47 bits per heavy atom. The molecule has 2 nitrogen and oxygen atoms in total. The molecule has 0 spiro atoms. The molecule has 2 aromatic rings. The number of fused-ring (bicyclic) bond motifs is 1. The number of carboxylic acid groups (broad SMARTS) is 1. The summed E-state index contributed by atoms with van der Waals surface area (Å²) in [5, 5.41) is 11.1. The minimum absolute atomic E-state index is 0.449. The lowest BCUT2D eigenvalue weighted by atomic mass is 9.98. The van der Waals surface area contributed by atoms with Gasteiger partial charge in [0.25, 0.3) is 0 Å². The van der Waals surface area contributed by atoms with E-state index >= 15 is 0 Å². The van der Waals surface area contributed by atoms with Crippen molar-refractivity contribution in [2.24, 2.45) is 0 Å². The van der Waals surface area contributed by atoms with Crippen molar-refractivity contribution in [3.63, 3.8) is 0 Å². The molecule has 0 radical (unpaired) electrons. The number of carbonyl (C=O) groups is 1. The third-order valence-corrected chi connectivity index (χ3v) is 2.64. The van der Waals surface area contributed by atoms with Crippen molar-refractivity contribution in [2.45, 2.75) is 12.8 Å². The van der Waals surface area contributed by atoms with Crippen LogP contribution in [0.3, 0.4) is 0 Å². The molecule has 2 rings (SSSR count). The molecule has 0 heterocycles. The highest BCUT2D eigenvalue weighted by atomic mass is 16.4. The van der Waals surface area contributed by atoms with Crippen LogP contribution in [0, 0.1) is 0 Å². The van der Waals surface area contributed by atoms with E-state index in [0.717, 1.165) is 16.3 Å². The molecule has 1 unspecified atom stereocenters. The SMILES string of the molecule is CC(C(=O)O)c1ccc2ccccc2c1. The summed E-state index contributed by atoms with van der Waals surface area (Å²) in [4.78, 5) is 10.8.